The molecule has 2 aliphatic rings. The van der Waals surface area contributed by atoms with Crippen molar-refractivity contribution in [3.8, 4) is 33.4 Å². The normalized spacial score (nSPS) is 13.0. The van der Waals surface area contributed by atoms with Gasteiger partial charge in [0.05, 0.1) is 28.2 Å². The molecule has 14 aromatic rings. The first-order valence-corrected chi connectivity index (χ1v) is 29.4. The van der Waals surface area contributed by atoms with Gasteiger partial charge >= 0.3 is 0 Å². The van der Waals surface area contributed by atoms with Crippen LogP contribution in [0.25, 0.3) is 106 Å². The van der Waals surface area contributed by atoms with E-state index in [-0.39, 0.29) is 0 Å². The number of fused-ring (bicyclic) bond motifs is 18. The third-order valence-electron chi connectivity index (χ3n) is 17.9. The predicted octanol–water partition coefficient (Wildman–Crippen LogP) is 23.0. The lowest BCUT2D eigenvalue weighted by Gasteiger charge is -2.34. The Kier molecular flexibility index (Phi) is 11.8. The van der Waals surface area contributed by atoms with Crippen molar-refractivity contribution in [1.82, 2.24) is 0 Å². The molecule has 2 aliphatic carbocycles. The number of nitrogens with zero attached hydrogens (tertiary/aromatic N) is 2. The second-order valence-electron chi connectivity index (χ2n) is 22.2. The molecule has 0 aliphatic heterocycles. The van der Waals surface area contributed by atoms with E-state index < -0.39 is 5.41 Å². The van der Waals surface area contributed by atoms with E-state index in [1.165, 1.54) is 44.5 Å². The first-order chi connectivity index (χ1) is 42.5. The van der Waals surface area contributed by atoms with Crippen LogP contribution in [-0.4, -0.2) is 0 Å². The monoisotopic (exact) mass is 1100 g/mol. The Morgan fingerprint density at radius 3 is 1.53 bits per heavy atom. The van der Waals surface area contributed by atoms with Crippen molar-refractivity contribution in [2.75, 3.05) is 9.80 Å². The minimum atomic E-state index is -0.817. The maximum atomic E-state index is 7.04. The summed E-state index contributed by atoms with van der Waals surface area (Å²) in [5.41, 5.74) is 22.5. The summed E-state index contributed by atoms with van der Waals surface area (Å²) in [6.45, 7) is 14.5. The number of furan rings is 2. The van der Waals surface area contributed by atoms with Gasteiger partial charge in [-0.2, -0.15) is 0 Å². The lowest BCUT2D eigenvalue weighted by Crippen LogP contribution is -2.26. The van der Waals surface area contributed by atoms with E-state index in [0.717, 1.165) is 116 Å². The fourth-order valence-corrected chi connectivity index (χ4v) is 14.4. The Labute approximate surface area is 499 Å². The second-order valence-corrected chi connectivity index (χ2v) is 22.2. The molecule has 0 N–H and O–H groups in total. The van der Waals surface area contributed by atoms with Gasteiger partial charge in [0.2, 0.25) is 0 Å². The SMILES string of the molecule is C=C/C=C\C(=C/C)c1cccc(N(c2cc3c(c4ccccc24)-c2c(cc(N(c4cccc(-c5ccccc5)c4)c4cccc5c4oc4ccccc45)c4ccccc24)C32c3ccccc3-c3ccccc32)c2cccc3c(C=C)c(C=C)oc23)c1. The average molecular weight is 1100 g/mol. The minimum absolute atomic E-state index is 0.675. The second kappa shape index (κ2) is 20.0. The van der Waals surface area contributed by atoms with Crippen LogP contribution in [0.5, 0.6) is 0 Å². The highest BCUT2D eigenvalue weighted by Gasteiger charge is 2.53. The van der Waals surface area contributed by atoms with E-state index in [2.05, 4.69) is 297 Å². The molecule has 406 valence electrons. The van der Waals surface area contributed by atoms with E-state index in [4.69, 9.17) is 8.83 Å². The Morgan fingerprint density at radius 2 is 0.919 bits per heavy atom. The molecular weight excluding hydrogens is 1040 g/mol. The lowest BCUT2D eigenvalue weighted by molar-refractivity contribution is 0.604. The minimum Gasteiger partial charge on any atom is -0.454 e. The van der Waals surface area contributed by atoms with E-state index in [0.29, 0.717) is 5.76 Å². The molecule has 0 radical (unpaired) electrons. The van der Waals surface area contributed by atoms with Crippen LogP contribution < -0.4 is 9.80 Å². The predicted molar refractivity (Wildman–Crippen MR) is 363 cm³/mol. The molecule has 4 heteroatoms. The van der Waals surface area contributed by atoms with Crippen LogP contribution in [0.3, 0.4) is 0 Å². The molecule has 0 saturated carbocycles. The summed E-state index contributed by atoms with van der Waals surface area (Å²) in [6, 6.07) is 91.3. The van der Waals surface area contributed by atoms with Gasteiger partial charge in [-0.3, -0.25) is 0 Å². The third kappa shape index (κ3) is 7.36. The van der Waals surface area contributed by atoms with E-state index in [9.17, 15) is 0 Å². The molecule has 0 atom stereocenters. The average Bonchev–Trinajstić information content (AvgIpc) is 1.50. The quantitative estimate of drug-likeness (QED) is 0.114. The van der Waals surface area contributed by atoms with Gasteiger partial charge in [0, 0.05) is 43.9 Å². The summed E-state index contributed by atoms with van der Waals surface area (Å²) >= 11 is 0. The molecule has 12 aromatic carbocycles. The highest BCUT2D eigenvalue weighted by atomic mass is 16.3. The summed E-state index contributed by atoms with van der Waals surface area (Å²) in [6.07, 6.45) is 11.8. The van der Waals surface area contributed by atoms with Gasteiger partial charge < -0.3 is 18.6 Å². The molecule has 86 heavy (non-hydrogen) atoms. The molecule has 4 nitrogen and oxygen atoms in total. The molecule has 0 fully saturated rings. The number of hydrogen-bond acceptors (Lipinski definition) is 4. The van der Waals surface area contributed by atoms with Gasteiger partial charge in [-0.25, -0.2) is 0 Å². The van der Waals surface area contributed by atoms with Crippen molar-refractivity contribution in [3.05, 3.63) is 332 Å². The Balaban J connectivity index is 1.05. The highest BCUT2D eigenvalue weighted by Crippen LogP contribution is 2.67. The lowest BCUT2D eigenvalue weighted by atomic mass is 9.70. The van der Waals surface area contributed by atoms with Crippen LogP contribution in [0.4, 0.5) is 34.1 Å². The molecule has 0 bridgehead atoms. The Morgan fingerprint density at radius 1 is 0.407 bits per heavy atom. The molecule has 1 spiro atoms. The van der Waals surface area contributed by atoms with Gasteiger partial charge in [0.15, 0.2) is 11.2 Å². The van der Waals surface area contributed by atoms with Crippen LogP contribution in [0.1, 0.15) is 46.1 Å². The van der Waals surface area contributed by atoms with Gasteiger partial charge in [-0.1, -0.05) is 244 Å². The van der Waals surface area contributed by atoms with Crippen molar-refractivity contribution < 1.29 is 8.83 Å². The number of hydrogen-bond donors (Lipinski definition) is 0. The maximum Gasteiger partial charge on any atom is 0.159 e. The number of benzene rings is 12. The summed E-state index contributed by atoms with van der Waals surface area (Å²) in [5.74, 6) is 0.675. The zero-order chi connectivity index (χ0) is 57.6. The number of allylic oxidation sites excluding steroid dienone is 5. The van der Waals surface area contributed by atoms with Gasteiger partial charge in [0.1, 0.15) is 11.3 Å². The van der Waals surface area contributed by atoms with Crippen molar-refractivity contribution >= 4 is 106 Å². The Bertz CT molecular complexity index is 5180. The highest BCUT2D eigenvalue weighted by molar-refractivity contribution is 6.21. The summed E-state index contributed by atoms with van der Waals surface area (Å²) in [5, 5.41) is 7.61. The fourth-order valence-electron chi connectivity index (χ4n) is 14.4. The molecule has 2 heterocycles. The fraction of sp³-hybridized carbons (Fsp3) is 0.0244. The van der Waals surface area contributed by atoms with Crippen LogP contribution in [0.15, 0.2) is 302 Å². The van der Waals surface area contributed by atoms with Crippen molar-refractivity contribution in [2.45, 2.75) is 12.3 Å². The molecular formula is C82H56N2O2. The van der Waals surface area contributed by atoms with Crippen molar-refractivity contribution in [1.29, 1.82) is 0 Å². The van der Waals surface area contributed by atoms with E-state index in [1.807, 2.05) is 18.2 Å². The zero-order valence-electron chi connectivity index (χ0n) is 47.5. The largest absolute Gasteiger partial charge is 0.454 e. The smallest absolute Gasteiger partial charge is 0.159 e. The van der Waals surface area contributed by atoms with Crippen LogP contribution in [0, 0.1) is 0 Å². The molecule has 0 saturated heterocycles. The number of anilines is 6. The molecule has 16 rings (SSSR count). The number of rotatable bonds is 12. The standard InChI is InChI=1S/C82H56N2O2/c1-5-9-27-52(6-2)54-30-23-32-56(48-54)83(72-45-25-41-66-58(7-3)76(8-4)85-80(66)72)74-50-70-78(64-39-15-13-36-61(64)74)79-65-40-16-14-37-62(65)75(51-71(79)82(70)68-43-20-17-34-59(68)60-35-18-21-44-69(60)82)84(57-33-24-31-55(49-57)53-28-11-10-12-29-53)73-46-26-42-67-63-38-19-22-47-77(63)86-81(67)73/h5-51H,1,3-4H2,2H3/b27-9-,52-6+. The van der Waals surface area contributed by atoms with E-state index >= 15 is 0 Å². The van der Waals surface area contributed by atoms with Crippen molar-refractivity contribution in [3.63, 3.8) is 0 Å². The molecule has 0 amide bonds. The van der Waals surface area contributed by atoms with Gasteiger partial charge in [0.25, 0.3) is 0 Å². The van der Waals surface area contributed by atoms with Gasteiger partial charge in [-0.15, -0.1) is 0 Å². The van der Waals surface area contributed by atoms with E-state index in [1.54, 1.807) is 6.08 Å². The van der Waals surface area contributed by atoms with Crippen molar-refractivity contribution in [2.24, 2.45) is 0 Å². The molecule has 2 aromatic heterocycles. The maximum absolute atomic E-state index is 7.04. The number of para-hydroxylation sites is 3. The topological polar surface area (TPSA) is 32.8 Å². The zero-order valence-corrected chi connectivity index (χ0v) is 47.5. The first kappa shape index (κ1) is 50.5. The van der Waals surface area contributed by atoms with Crippen LogP contribution in [0.2, 0.25) is 0 Å². The van der Waals surface area contributed by atoms with Crippen LogP contribution in [-0.2, 0) is 5.41 Å². The molecule has 0 unspecified atom stereocenters. The first-order valence-electron chi connectivity index (χ1n) is 29.4. The third-order valence-corrected chi connectivity index (χ3v) is 17.9. The van der Waals surface area contributed by atoms with Crippen LogP contribution >= 0.6 is 0 Å². The van der Waals surface area contributed by atoms with Gasteiger partial charge in [-0.05, 0) is 145 Å². The summed E-state index contributed by atoms with van der Waals surface area (Å²) in [7, 11) is 0. The summed E-state index contributed by atoms with van der Waals surface area (Å²) in [4.78, 5) is 4.88. The Hall–Kier alpha value is -11.2. The summed E-state index contributed by atoms with van der Waals surface area (Å²) < 4.78 is 14.0.